The van der Waals surface area contributed by atoms with Crippen LogP contribution in [0.3, 0.4) is 0 Å². The summed E-state index contributed by atoms with van der Waals surface area (Å²) in [5.74, 6) is 1.40. The fraction of sp³-hybridized carbons (Fsp3) is 0.238. The van der Waals surface area contributed by atoms with Gasteiger partial charge in [0.2, 0.25) is 0 Å². The predicted molar refractivity (Wildman–Crippen MR) is 114 cm³/mol. The van der Waals surface area contributed by atoms with Crippen molar-refractivity contribution >= 4 is 40.9 Å². The van der Waals surface area contributed by atoms with E-state index >= 15 is 0 Å². The largest absolute Gasteiger partial charge is 0.361 e. The van der Waals surface area contributed by atoms with Crippen LogP contribution in [0.1, 0.15) is 32.9 Å². The standard InChI is InChI=1S/C21H20Cl2N2O2S/c1-13-17(14(2)27-25-13)12-28-19-9-4-3-7-16(19)21(26)24-11-10-15-6-5-8-18(22)20(15)23/h3-9H,10-12H2,1-2H3,(H,24,26). The number of thioether (sulfide) groups is 1. The van der Waals surface area contributed by atoms with Gasteiger partial charge >= 0.3 is 0 Å². The molecule has 3 rings (SSSR count). The monoisotopic (exact) mass is 434 g/mol. The van der Waals surface area contributed by atoms with Crippen LogP contribution in [0.15, 0.2) is 51.9 Å². The normalized spacial score (nSPS) is 10.9. The van der Waals surface area contributed by atoms with Gasteiger partial charge in [-0.2, -0.15) is 0 Å². The van der Waals surface area contributed by atoms with Gasteiger partial charge in [0.05, 0.1) is 21.3 Å². The van der Waals surface area contributed by atoms with Crippen molar-refractivity contribution in [2.45, 2.75) is 30.9 Å². The third kappa shape index (κ3) is 4.90. The lowest BCUT2D eigenvalue weighted by atomic mass is 10.1. The molecule has 0 unspecified atom stereocenters. The Balaban J connectivity index is 1.63. The molecule has 28 heavy (non-hydrogen) atoms. The average molecular weight is 435 g/mol. The van der Waals surface area contributed by atoms with E-state index in [2.05, 4.69) is 10.5 Å². The lowest BCUT2D eigenvalue weighted by Gasteiger charge is -2.11. The topological polar surface area (TPSA) is 55.1 Å². The first-order valence-electron chi connectivity index (χ1n) is 8.82. The summed E-state index contributed by atoms with van der Waals surface area (Å²) >= 11 is 13.8. The molecule has 146 valence electrons. The van der Waals surface area contributed by atoms with Crippen LogP contribution in [0.5, 0.6) is 0 Å². The molecule has 4 nitrogen and oxygen atoms in total. The average Bonchev–Trinajstić information content (AvgIpc) is 3.01. The quantitative estimate of drug-likeness (QED) is 0.472. The zero-order chi connectivity index (χ0) is 20.1. The molecule has 0 spiro atoms. The molecule has 0 aliphatic heterocycles. The Labute approximate surface area is 178 Å². The maximum atomic E-state index is 12.7. The second-order valence-corrected chi connectivity index (χ2v) is 8.11. The number of rotatable bonds is 7. The van der Waals surface area contributed by atoms with E-state index in [0.29, 0.717) is 34.3 Å². The molecule has 1 amide bonds. The Bertz CT molecular complexity index is 969. The lowest BCUT2D eigenvalue weighted by Crippen LogP contribution is -2.26. The zero-order valence-corrected chi connectivity index (χ0v) is 17.9. The van der Waals surface area contributed by atoms with E-state index in [1.54, 1.807) is 17.8 Å². The first-order chi connectivity index (χ1) is 13.5. The number of aryl methyl sites for hydroxylation is 2. The third-order valence-corrected chi connectivity index (χ3v) is 6.35. The van der Waals surface area contributed by atoms with Crippen LogP contribution in [0.2, 0.25) is 10.0 Å². The number of carbonyl (C=O) groups excluding carboxylic acids is 1. The lowest BCUT2D eigenvalue weighted by molar-refractivity contribution is 0.0951. The summed E-state index contributed by atoms with van der Waals surface area (Å²) in [5.41, 5.74) is 3.51. The van der Waals surface area contributed by atoms with Gasteiger partial charge in [0.1, 0.15) is 5.76 Å². The summed E-state index contributed by atoms with van der Waals surface area (Å²) in [6.45, 7) is 4.29. The molecule has 0 bridgehead atoms. The van der Waals surface area contributed by atoms with Gasteiger partial charge in [0.25, 0.3) is 5.91 Å². The zero-order valence-electron chi connectivity index (χ0n) is 15.6. The predicted octanol–water partition coefficient (Wildman–Crippen LogP) is 5.86. The second kappa shape index (κ2) is 9.50. The Kier molecular flexibility index (Phi) is 7.05. The molecular weight excluding hydrogens is 415 g/mol. The van der Waals surface area contributed by atoms with E-state index in [0.717, 1.165) is 27.5 Å². The highest BCUT2D eigenvalue weighted by molar-refractivity contribution is 7.98. The summed E-state index contributed by atoms with van der Waals surface area (Å²) in [5, 5.41) is 8.00. The molecule has 2 aromatic carbocycles. The highest BCUT2D eigenvalue weighted by Gasteiger charge is 2.14. The van der Waals surface area contributed by atoms with Gasteiger partial charge in [-0.05, 0) is 44.0 Å². The summed E-state index contributed by atoms with van der Waals surface area (Å²) in [6, 6.07) is 13.1. The van der Waals surface area contributed by atoms with Gasteiger partial charge < -0.3 is 9.84 Å². The van der Waals surface area contributed by atoms with Gasteiger partial charge in [-0.25, -0.2) is 0 Å². The number of nitrogens with one attached hydrogen (secondary N) is 1. The highest BCUT2D eigenvalue weighted by atomic mass is 35.5. The van der Waals surface area contributed by atoms with E-state index in [-0.39, 0.29) is 5.91 Å². The molecule has 0 saturated carbocycles. The van der Waals surface area contributed by atoms with Crippen LogP contribution in [0.25, 0.3) is 0 Å². The number of hydrogen-bond acceptors (Lipinski definition) is 4. The number of halogens is 2. The molecule has 0 fully saturated rings. The van der Waals surface area contributed by atoms with Crippen molar-refractivity contribution in [2.24, 2.45) is 0 Å². The van der Waals surface area contributed by atoms with Crippen molar-refractivity contribution in [2.75, 3.05) is 6.54 Å². The SMILES string of the molecule is Cc1noc(C)c1CSc1ccccc1C(=O)NCCc1cccc(Cl)c1Cl. The molecule has 0 saturated heterocycles. The molecule has 7 heteroatoms. The minimum Gasteiger partial charge on any atom is -0.361 e. The number of amides is 1. The maximum absolute atomic E-state index is 12.7. The van der Waals surface area contributed by atoms with Crippen molar-refractivity contribution in [3.63, 3.8) is 0 Å². The van der Waals surface area contributed by atoms with Gasteiger partial charge in [0.15, 0.2) is 0 Å². The number of aromatic nitrogens is 1. The molecule has 0 aliphatic rings. The van der Waals surface area contributed by atoms with Gasteiger partial charge in [-0.1, -0.05) is 52.6 Å². The van der Waals surface area contributed by atoms with Crippen LogP contribution >= 0.6 is 35.0 Å². The molecule has 1 heterocycles. The van der Waals surface area contributed by atoms with Crippen molar-refractivity contribution < 1.29 is 9.32 Å². The smallest absolute Gasteiger partial charge is 0.252 e. The molecule has 3 aromatic rings. The van der Waals surface area contributed by atoms with Crippen LogP contribution in [-0.2, 0) is 12.2 Å². The van der Waals surface area contributed by atoms with Crippen molar-refractivity contribution in [3.8, 4) is 0 Å². The fourth-order valence-electron chi connectivity index (χ4n) is 2.79. The van der Waals surface area contributed by atoms with E-state index in [9.17, 15) is 4.79 Å². The van der Waals surface area contributed by atoms with Gasteiger partial charge in [-0.15, -0.1) is 11.8 Å². The Morgan fingerprint density at radius 3 is 2.68 bits per heavy atom. The van der Waals surface area contributed by atoms with E-state index in [1.807, 2.05) is 50.2 Å². The maximum Gasteiger partial charge on any atom is 0.252 e. The summed E-state index contributed by atoms with van der Waals surface area (Å²) < 4.78 is 5.21. The second-order valence-electron chi connectivity index (χ2n) is 6.31. The van der Waals surface area contributed by atoms with E-state index in [1.165, 1.54) is 0 Å². The molecule has 1 aromatic heterocycles. The fourth-order valence-corrected chi connectivity index (χ4v) is 4.40. The van der Waals surface area contributed by atoms with E-state index < -0.39 is 0 Å². The van der Waals surface area contributed by atoms with Crippen molar-refractivity contribution in [1.82, 2.24) is 10.5 Å². The first-order valence-corrected chi connectivity index (χ1v) is 10.6. The van der Waals surface area contributed by atoms with Crippen LogP contribution in [0.4, 0.5) is 0 Å². The number of nitrogens with zero attached hydrogens (tertiary/aromatic N) is 1. The minimum absolute atomic E-state index is 0.111. The summed E-state index contributed by atoms with van der Waals surface area (Å²) in [6.07, 6.45) is 0.611. The molecular formula is C21H20Cl2N2O2S. The Morgan fingerprint density at radius 2 is 1.93 bits per heavy atom. The minimum atomic E-state index is -0.111. The number of benzene rings is 2. The Hall–Kier alpha value is -1.95. The summed E-state index contributed by atoms with van der Waals surface area (Å²) in [7, 11) is 0. The van der Waals surface area contributed by atoms with Crippen molar-refractivity contribution in [1.29, 1.82) is 0 Å². The molecule has 0 atom stereocenters. The number of hydrogen-bond donors (Lipinski definition) is 1. The third-order valence-electron chi connectivity index (χ3n) is 4.40. The van der Waals surface area contributed by atoms with Crippen LogP contribution in [-0.4, -0.2) is 17.6 Å². The summed E-state index contributed by atoms with van der Waals surface area (Å²) in [4.78, 5) is 13.6. The van der Waals surface area contributed by atoms with Crippen LogP contribution in [0, 0.1) is 13.8 Å². The highest BCUT2D eigenvalue weighted by Crippen LogP contribution is 2.29. The number of carbonyl (C=O) groups is 1. The molecule has 0 aliphatic carbocycles. The van der Waals surface area contributed by atoms with Crippen LogP contribution < -0.4 is 5.32 Å². The molecule has 1 N–H and O–H groups in total. The first kappa shape index (κ1) is 20.8. The van der Waals surface area contributed by atoms with Gasteiger partial charge in [0, 0.05) is 22.8 Å². The van der Waals surface area contributed by atoms with Gasteiger partial charge in [-0.3, -0.25) is 4.79 Å². The molecule has 0 radical (unpaired) electrons. The van der Waals surface area contributed by atoms with E-state index in [4.69, 9.17) is 27.7 Å². The van der Waals surface area contributed by atoms with Crippen molar-refractivity contribution in [3.05, 3.63) is 80.7 Å². The Morgan fingerprint density at radius 1 is 1.14 bits per heavy atom.